The molecule has 0 spiro atoms. The first-order valence-corrected chi connectivity index (χ1v) is 11.6. The fourth-order valence-electron chi connectivity index (χ4n) is 2.97. The zero-order valence-electron chi connectivity index (χ0n) is 18.3. The number of hydrogen-bond donors (Lipinski definition) is 2. The number of methoxy groups -OCH3 is 2. The Kier molecular flexibility index (Phi) is 8.17. The van der Waals surface area contributed by atoms with Gasteiger partial charge in [0.15, 0.2) is 11.5 Å². The number of nitrogens with zero attached hydrogens (tertiary/aromatic N) is 1. The lowest BCUT2D eigenvalue weighted by atomic mass is 10.1. The van der Waals surface area contributed by atoms with E-state index in [1.807, 2.05) is 48.6 Å². The summed E-state index contributed by atoms with van der Waals surface area (Å²) in [6.07, 6.45) is 5.47. The maximum atomic E-state index is 12.5. The summed E-state index contributed by atoms with van der Waals surface area (Å²) in [5.74, 6) is 0.416. The summed E-state index contributed by atoms with van der Waals surface area (Å²) >= 11 is 0. The molecule has 1 heterocycles. The van der Waals surface area contributed by atoms with Crippen LogP contribution in [0.25, 0.3) is 12.2 Å². The van der Waals surface area contributed by atoms with Crippen LogP contribution in [0.15, 0.2) is 71.8 Å². The number of carbonyl (C=O) groups excluding carboxylic acids is 1. The second-order valence-electron chi connectivity index (χ2n) is 6.93. The van der Waals surface area contributed by atoms with Gasteiger partial charge >= 0.3 is 0 Å². The molecule has 9 heteroatoms. The maximum Gasteiger partial charge on any atom is 0.240 e. The molecule has 2 N–H and O–H groups in total. The molecule has 0 atom stereocenters. The maximum absolute atomic E-state index is 12.5. The Bertz CT molecular complexity index is 1230. The lowest BCUT2D eigenvalue weighted by Gasteiger charge is -2.11. The van der Waals surface area contributed by atoms with E-state index in [-0.39, 0.29) is 23.8 Å². The molecule has 0 radical (unpaired) electrons. The molecule has 0 aliphatic heterocycles. The van der Waals surface area contributed by atoms with Gasteiger partial charge in [-0.15, -0.1) is 0 Å². The number of sulfonamides is 1. The molecule has 8 nitrogen and oxygen atoms in total. The molecule has 2 aromatic carbocycles. The summed E-state index contributed by atoms with van der Waals surface area (Å²) in [5, 5.41) is 2.78. The molecule has 0 fully saturated rings. The highest BCUT2D eigenvalue weighted by Crippen LogP contribution is 2.29. The van der Waals surface area contributed by atoms with E-state index in [9.17, 15) is 13.2 Å². The van der Waals surface area contributed by atoms with Gasteiger partial charge in [0.25, 0.3) is 0 Å². The minimum atomic E-state index is -3.81. The van der Waals surface area contributed by atoms with Crippen molar-refractivity contribution in [3.63, 3.8) is 0 Å². The molecule has 0 saturated heterocycles. The first-order chi connectivity index (χ1) is 15.9. The number of amides is 1. The predicted molar refractivity (Wildman–Crippen MR) is 128 cm³/mol. The van der Waals surface area contributed by atoms with Crippen LogP contribution in [0.4, 0.5) is 5.69 Å². The van der Waals surface area contributed by atoms with Crippen LogP contribution in [-0.4, -0.2) is 40.1 Å². The average Bonchev–Trinajstić information content (AvgIpc) is 2.83. The Morgan fingerprint density at radius 3 is 2.52 bits per heavy atom. The van der Waals surface area contributed by atoms with Crippen LogP contribution in [0.2, 0.25) is 0 Å². The van der Waals surface area contributed by atoms with Crippen molar-refractivity contribution in [1.29, 1.82) is 0 Å². The standard InChI is InChI=1S/C24H25N3O5S/c1-31-22-12-11-21(17-23(22)32-2)33(29,30)26-15-13-24(28)27-20-8-5-6-18(16-20)9-10-19-7-3-4-14-25-19/h3-12,14,16-17,26H,13,15H2,1-2H3,(H,27,28). The van der Waals surface area contributed by atoms with E-state index in [1.165, 1.54) is 32.4 Å². The van der Waals surface area contributed by atoms with Gasteiger partial charge in [0.05, 0.1) is 24.8 Å². The topological polar surface area (TPSA) is 107 Å². The van der Waals surface area contributed by atoms with Gasteiger partial charge < -0.3 is 14.8 Å². The molecule has 1 aromatic heterocycles. The van der Waals surface area contributed by atoms with Crippen LogP contribution in [-0.2, 0) is 14.8 Å². The quantitative estimate of drug-likeness (QED) is 0.472. The van der Waals surface area contributed by atoms with Crippen LogP contribution in [0.1, 0.15) is 17.7 Å². The number of hydrogen-bond acceptors (Lipinski definition) is 6. The van der Waals surface area contributed by atoms with E-state index in [2.05, 4.69) is 15.0 Å². The van der Waals surface area contributed by atoms with Crippen molar-refractivity contribution in [3.05, 3.63) is 78.1 Å². The molecule has 0 bridgehead atoms. The molecule has 3 aromatic rings. The van der Waals surface area contributed by atoms with Gasteiger partial charge in [-0.25, -0.2) is 13.1 Å². The van der Waals surface area contributed by atoms with E-state index in [1.54, 1.807) is 12.3 Å². The van der Waals surface area contributed by atoms with Gasteiger partial charge in [0.1, 0.15) is 0 Å². The number of benzene rings is 2. The van der Waals surface area contributed by atoms with Crippen LogP contribution in [0.5, 0.6) is 11.5 Å². The van der Waals surface area contributed by atoms with Crippen molar-refractivity contribution in [2.24, 2.45) is 0 Å². The zero-order valence-corrected chi connectivity index (χ0v) is 19.1. The summed E-state index contributed by atoms with van der Waals surface area (Å²) in [7, 11) is -0.914. The Morgan fingerprint density at radius 1 is 0.970 bits per heavy atom. The summed E-state index contributed by atoms with van der Waals surface area (Å²) in [4.78, 5) is 16.6. The zero-order chi connectivity index (χ0) is 23.7. The van der Waals surface area contributed by atoms with E-state index in [0.717, 1.165) is 11.3 Å². The van der Waals surface area contributed by atoms with Gasteiger partial charge in [-0.1, -0.05) is 24.3 Å². The Labute approximate surface area is 193 Å². The normalized spacial score (nSPS) is 11.3. The summed E-state index contributed by atoms with van der Waals surface area (Å²) in [5.41, 5.74) is 2.34. The lowest BCUT2D eigenvalue weighted by molar-refractivity contribution is -0.116. The highest BCUT2D eigenvalue weighted by molar-refractivity contribution is 7.89. The van der Waals surface area contributed by atoms with E-state index >= 15 is 0 Å². The van der Waals surface area contributed by atoms with Gasteiger partial charge in [-0.3, -0.25) is 9.78 Å². The third-order valence-electron chi connectivity index (χ3n) is 4.61. The molecular formula is C24H25N3O5S. The smallest absolute Gasteiger partial charge is 0.240 e. The molecular weight excluding hydrogens is 442 g/mol. The molecule has 0 aliphatic carbocycles. The first kappa shape index (κ1) is 24.0. The number of carbonyl (C=O) groups is 1. The largest absolute Gasteiger partial charge is 0.493 e. The van der Waals surface area contributed by atoms with Gasteiger partial charge in [0, 0.05) is 30.9 Å². The van der Waals surface area contributed by atoms with Crippen molar-refractivity contribution in [2.75, 3.05) is 26.1 Å². The number of ether oxygens (including phenoxy) is 2. The van der Waals surface area contributed by atoms with Crippen LogP contribution in [0.3, 0.4) is 0 Å². The van der Waals surface area contributed by atoms with Gasteiger partial charge in [-0.2, -0.15) is 0 Å². The first-order valence-electron chi connectivity index (χ1n) is 10.1. The number of aromatic nitrogens is 1. The van der Waals surface area contributed by atoms with E-state index in [0.29, 0.717) is 17.2 Å². The third-order valence-corrected chi connectivity index (χ3v) is 6.07. The number of anilines is 1. The molecule has 172 valence electrons. The lowest BCUT2D eigenvalue weighted by Crippen LogP contribution is -2.27. The molecule has 3 rings (SSSR count). The van der Waals surface area contributed by atoms with E-state index < -0.39 is 10.0 Å². The minimum absolute atomic E-state index is 0.0213. The molecule has 0 saturated carbocycles. The summed E-state index contributed by atoms with van der Waals surface area (Å²) in [6, 6.07) is 17.3. The van der Waals surface area contributed by atoms with Crippen molar-refractivity contribution in [1.82, 2.24) is 9.71 Å². The van der Waals surface area contributed by atoms with Crippen molar-refractivity contribution < 1.29 is 22.7 Å². The molecule has 33 heavy (non-hydrogen) atoms. The molecule has 0 aliphatic rings. The number of pyridine rings is 1. The summed E-state index contributed by atoms with van der Waals surface area (Å²) < 4.78 is 37.7. The van der Waals surface area contributed by atoms with Crippen molar-refractivity contribution in [3.8, 4) is 11.5 Å². The van der Waals surface area contributed by atoms with Crippen molar-refractivity contribution in [2.45, 2.75) is 11.3 Å². The Hall–Kier alpha value is -3.69. The summed E-state index contributed by atoms with van der Waals surface area (Å²) in [6.45, 7) is -0.0538. The molecule has 1 amide bonds. The van der Waals surface area contributed by atoms with Crippen molar-refractivity contribution >= 4 is 33.8 Å². The second-order valence-corrected chi connectivity index (χ2v) is 8.69. The molecule has 0 unspecified atom stereocenters. The minimum Gasteiger partial charge on any atom is -0.493 e. The Morgan fingerprint density at radius 2 is 1.79 bits per heavy atom. The Balaban J connectivity index is 1.55. The average molecular weight is 468 g/mol. The third kappa shape index (κ3) is 6.90. The highest BCUT2D eigenvalue weighted by Gasteiger charge is 2.17. The fraction of sp³-hybridized carbons (Fsp3) is 0.167. The van der Waals surface area contributed by atoms with Crippen LogP contribution in [0, 0.1) is 0 Å². The predicted octanol–water partition coefficient (Wildman–Crippen LogP) is 3.58. The monoisotopic (exact) mass is 467 g/mol. The highest BCUT2D eigenvalue weighted by atomic mass is 32.2. The number of rotatable bonds is 10. The second kappa shape index (κ2) is 11.3. The van der Waals surface area contributed by atoms with Gasteiger partial charge in [0.2, 0.25) is 15.9 Å². The van der Waals surface area contributed by atoms with E-state index in [4.69, 9.17) is 9.47 Å². The van der Waals surface area contributed by atoms with Crippen LogP contribution < -0.4 is 19.5 Å². The SMILES string of the molecule is COc1ccc(S(=O)(=O)NCCC(=O)Nc2cccc(C=Cc3ccccn3)c2)cc1OC. The fourth-order valence-corrected chi connectivity index (χ4v) is 4.01. The number of nitrogens with one attached hydrogen (secondary N) is 2. The van der Waals surface area contributed by atoms with Gasteiger partial charge in [-0.05, 0) is 48.0 Å². The van der Waals surface area contributed by atoms with Crippen LogP contribution >= 0.6 is 0 Å².